The lowest BCUT2D eigenvalue weighted by Crippen LogP contribution is -2.42. The maximum atomic E-state index is 10.7. The van der Waals surface area contributed by atoms with Gasteiger partial charge in [0.05, 0.1) is 12.6 Å². The predicted molar refractivity (Wildman–Crippen MR) is 61.1 cm³/mol. The van der Waals surface area contributed by atoms with Gasteiger partial charge in [-0.25, -0.2) is 4.79 Å². The van der Waals surface area contributed by atoms with Crippen LogP contribution in [0.4, 0.5) is 5.82 Å². The van der Waals surface area contributed by atoms with Crippen LogP contribution >= 0.6 is 0 Å². The van der Waals surface area contributed by atoms with E-state index >= 15 is 0 Å². The summed E-state index contributed by atoms with van der Waals surface area (Å²) in [6.45, 7) is 0.911. The van der Waals surface area contributed by atoms with Crippen LogP contribution in [0.25, 0.3) is 0 Å². The maximum absolute atomic E-state index is 10.7. The van der Waals surface area contributed by atoms with Crippen LogP contribution in [-0.4, -0.2) is 45.6 Å². The minimum atomic E-state index is -1.08. The Hall–Kier alpha value is -1.69. The van der Waals surface area contributed by atoms with Crippen molar-refractivity contribution in [3.05, 3.63) is 17.8 Å². The fraction of sp³-hybridized carbons (Fsp3) is 0.545. The summed E-state index contributed by atoms with van der Waals surface area (Å²) < 4.78 is 0. The highest BCUT2D eigenvalue weighted by Crippen LogP contribution is 2.22. The van der Waals surface area contributed by atoms with Gasteiger partial charge in [-0.05, 0) is 31.4 Å². The molecule has 0 radical (unpaired) electrons. The molecule has 6 nitrogen and oxygen atoms in total. The molecule has 0 spiro atoms. The van der Waals surface area contributed by atoms with E-state index in [0.717, 1.165) is 25.8 Å². The predicted octanol–water partition coefficient (Wildman–Crippen LogP) is 0.526. The number of carboxylic acids is 1. The highest BCUT2D eigenvalue weighted by Gasteiger charge is 2.23. The van der Waals surface area contributed by atoms with E-state index in [4.69, 9.17) is 5.11 Å². The molecular weight excluding hydrogens is 222 g/mol. The van der Waals surface area contributed by atoms with Gasteiger partial charge in [0, 0.05) is 6.54 Å². The van der Waals surface area contributed by atoms with Gasteiger partial charge in [0.15, 0.2) is 11.5 Å². The molecule has 2 N–H and O–H groups in total. The van der Waals surface area contributed by atoms with Crippen LogP contribution in [0, 0.1) is 0 Å². The topological polar surface area (TPSA) is 86.5 Å². The standard InChI is InChI=1S/C11H15N3O3/c15-7-8-3-1-2-6-14(8)10-5-4-9(11(16)17)12-13-10/h4-5,8,15H,1-3,6-7H2,(H,16,17). The lowest BCUT2D eigenvalue weighted by atomic mass is 10.0. The lowest BCUT2D eigenvalue weighted by Gasteiger charge is -2.35. The first-order valence-corrected chi connectivity index (χ1v) is 5.67. The molecule has 1 aliphatic rings. The van der Waals surface area contributed by atoms with Crippen LogP contribution in [0.3, 0.4) is 0 Å². The van der Waals surface area contributed by atoms with Crippen LogP contribution in [0.1, 0.15) is 29.8 Å². The number of rotatable bonds is 3. The third-order valence-corrected chi connectivity index (χ3v) is 3.00. The molecule has 0 aromatic carbocycles. The first kappa shape index (κ1) is 11.8. The highest BCUT2D eigenvalue weighted by atomic mass is 16.4. The molecule has 1 aromatic heterocycles. The maximum Gasteiger partial charge on any atom is 0.356 e. The van der Waals surface area contributed by atoms with E-state index in [9.17, 15) is 9.90 Å². The smallest absolute Gasteiger partial charge is 0.356 e. The number of aliphatic hydroxyl groups is 1. The number of hydrogen-bond donors (Lipinski definition) is 2. The summed E-state index contributed by atoms with van der Waals surface area (Å²) >= 11 is 0. The Bertz CT molecular complexity index is 393. The Kier molecular flexibility index (Phi) is 3.53. The van der Waals surface area contributed by atoms with Crippen molar-refractivity contribution in [2.24, 2.45) is 0 Å². The Morgan fingerprint density at radius 1 is 1.41 bits per heavy atom. The van der Waals surface area contributed by atoms with Crippen LogP contribution < -0.4 is 4.90 Å². The molecule has 0 saturated carbocycles. The van der Waals surface area contributed by atoms with Crippen molar-refractivity contribution in [2.75, 3.05) is 18.1 Å². The number of piperidine rings is 1. The molecule has 17 heavy (non-hydrogen) atoms. The number of nitrogens with zero attached hydrogens (tertiary/aromatic N) is 3. The summed E-state index contributed by atoms with van der Waals surface area (Å²) in [5.74, 6) is -0.449. The molecule has 0 aliphatic carbocycles. The van der Waals surface area contributed by atoms with Gasteiger partial charge in [0.25, 0.3) is 0 Å². The Morgan fingerprint density at radius 3 is 2.82 bits per heavy atom. The van der Waals surface area contributed by atoms with E-state index in [2.05, 4.69) is 10.2 Å². The molecule has 2 rings (SSSR count). The fourth-order valence-electron chi connectivity index (χ4n) is 2.08. The number of aliphatic hydroxyl groups excluding tert-OH is 1. The SMILES string of the molecule is O=C(O)c1ccc(N2CCCCC2CO)nn1. The average molecular weight is 237 g/mol. The largest absolute Gasteiger partial charge is 0.476 e. The number of anilines is 1. The van der Waals surface area contributed by atoms with Crippen molar-refractivity contribution in [1.82, 2.24) is 10.2 Å². The van der Waals surface area contributed by atoms with Crippen molar-refractivity contribution in [3.63, 3.8) is 0 Å². The van der Waals surface area contributed by atoms with Gasteiger partial charge in [0.2, 0.25) is 0 Å². The zero-order valence-corrected chi connectivity index (χ0v) is 9.41. The summed E-state index contributed by atoms with van der Waals surface area (Å²) in [5.41, 5.74) is -0.0636. The van der Waals surface area contributed by atoms with Gasteiger partial charge in [-0.3, -0.25) is 0 Å². The Balaban J connectivity index is 2.17. The Morgan fingerprint density at radius 2 is 2.24 bits per heavy atom. The molecule has 0 amide bonds. The highest BCUT2D eigenvalue weighted by molar-refractivity contribution is 5.85. The summed E-state index contributed by atoms with van der Waals surface area (Å²) in [6.07, 6.45) is 3.08. The van der Waals surface area contributed by atoms with Gasteiger partial charge in [-0.15, -0.1) is 10.2 Å². The summed E-state index contributed by atoms with van der Waals surface area (Å²) in [4.78, 5) is 12.6. The van der Waals surface area contributed by atoms with E-state index in [0.29, 0.717) is 5.82 Å². The molecule has 0 bridgehead atoms. The Labute approximate surface area is 98.9 Å². The number of aromatic carboxylic acids is 1. The third kappa shape index (κ3) is 2.52. The molecule has 1 atom stereocenters. The molecule has 2 heterocycles. The monoisotopic (exact) mass is 237 g/mol. The van der Waals surface area contributed by atoms with E-state index in [1.807, 2.05) is 4.90 Å². The number of aromatic nitrogens is 2. The molecule has 1 saturated heterocycles. The van der Waals surface area contributed by atoms with Crippen LogP contribution in [0.2, 0.25) is 0 Å². The first-order valence-electron chi connectivity index (χ1n) is 5.67. The second-order valence-electron chi connectivity index (χ2n) is 4.11. The van der Waals surface area contributed by atoms with Crippen LogP contribution in [-0.2, 0) is 0 Å². The molecule has 92 valence electrons. The molecule has 1 unspecified atom stereocenters. The lowest BCUT2D eigenvalue weighted by molar-refractivity contribution is 0.0689. The first-order chi connectivity index (χ1) is 8.22. The van der Waals surface area contributed by atoms with E-state index in [1.165, 1.54) is 6.07 Å². The molecule has 1 aromatic rings. The van der Waals surface area contributed by atoms with E-state index in [-0.39, 0.29) is 18.3 Å². The van der Waals surface area contributed by atoms with Crippen molar-refractivity contribution in [3.8, 4) is 0 Å². The molecule has 6 heteroatoms. The summed E-state index contributed by atoms with van der Waals surface area (Å²) in [6, 6.07) is 3.15. The van der Waals surface area contributed by atoms with Crippen molar-refractivity contribution in [2.45, 2.75) is 25.3 Å². The van der Waals surface area contributed by atoms with Crippen LogP contribution in [0.15, 0.2) is 12.1 Å². The zero-order chi connectivity index (χ0) is 12.3. The third-order valence-electron chi connectivity index (χ3n) is 3.00. The average Bonchev–Trinajstić information content (AvgIpc) is 2.39. The van der Waals surface area contributed by atoms with Gasteiger partial charge in [-0.1, -0.05) is 0 Å². The summed E-state index contributed by atoms with van der Waals surface area (Å²) in [5, 5.41) is 25.6. The van der Waals surface area contributed by atoms with Crippen LogP contribution in [0.5, 0.6) is 0 Å². The van der Waals surface area contributed by atoms with Crippen molar-refractivity contribution in [1.29, 1.82) is 0 Å². The van der Waals surface area contributed by atoms with Gasteiger partial charge in [-0.2, -0.15) is 0 Å². The van der Waals surface area contributed by atoms with E-state index < -0.39 is 5.97 Å². The second kappa shape index (κ2) is 5.09. The number of hydrogen-bond acceptors (Lipinski definition) is 5. The fourth-order valence-corrected chi connectivity index (χ4v) is 2.08. The van der Waals surface area contributed by atoms with Crippen molar-refractivity contribution < 1.29 is 15.0 Å². The molecule has 1 fully saturated rings. The van der Waals surface area contributed by atoms with Crippen molar-refractivity contribution >= 4 is 11.8 Å². The quantitative estimate of drug-likeness (QED) is 0.797. The second-order valence-corrected chi connectivity index (χ2v) is 4.11. The molecule has 1 aliphatic heterocycles. The van der Waals surface area contributed by atoms with Gasteiger partial charge >= 0.3 is 5.97 Å². The van der Waals surface area contributed by atoms with Gasteiger partial charge < -0.3 is 15.1 Å². The van der Waals surface area contributed by atoms with Gasteiger partial charge in [0.1, 0.15) is 0 Å². The van der Waals surface area contributed by atoms with E-state index in [1.54, 1.807) is 6.07 Å². The zero-order valence-electron chi connectivity index (χ0n) is 9.41. The molecular formula is C11H15N3O3. The minimum Gasteiger partial charge on any atom is -0.476 e. The number of carboxylic acid groups (broad SMARTS) is 1. The number of carbonyl (C=O) groups is 1. The summed E-state index contributed by atoms with van der Waals surface area (Å²) in [7, 11) is 0. The minimum absolute atomic E-state index is 0.0636. The normalized spacial score (nSPS) is 20.3.